The SMILES string of the molecule is COCCCN1C(=O)c2[nH]nc(-c3ccc(OC)c(OC)c3)c2C1c1ccc(OC)cc1OC. The van der Waals surface area contributed by atoms with E-state index in [1.807, 2.05) is 41.3 Å². The number of rotatable bonds is 10. The summed E-state index contributed by atoms with van der Waals surface area (Å²) in [6.45, 7) is 1.06. The second-order valence-corrected chi connectivity index (χ2v) is 7.79. The minimum Gasteiger partial charge on any atom is -0.497 e. The van der Waals surface area contributed by atoms with Crippen LogP contribution in [0.3, 0.4) is 0 Å². The average molecular weight is 468 g/mol. The molecular weight excluding hydrogens is 438 g/mol. The summed E-state index contributed by atoms with van der Waals surface area (Å²) >= 11 is 0. The number of fused-ring (bicyclic) bond motifs is 1. The zero-order valence-electron chi connectivity index (χ0n) is 20.0. The summed E-state index contributed by atoms with van der Waals surface area (Å²) in [4.78, 5) is 15.3. The Morgan fingerprint density at radius 1 is 0.912 bits per heavy atom. The molecule has 1 aliphatic rings. The molecule has 9 heteroatoms. The molecule has 0 saturated heterocycles. The minimum atomic E-state index is -0.401. The van der Waals surface area contributed by atoms with E-state index in [9.17, 15) is 4.79 Å². The molecule has 1 aliphatic heterocycles. The molecule has 1 aromatic heterocycles. The first-order chi connectivity index (χ1) is 16.6. The Morgan fingerprint density at radius 2 is 1.68 bits per heavy atom. The van der Waals surface area contributed by atoms with E-state index in [1.54, 1.807) is 35.5 Å². The maximum atomic E-state index is 13.5. The molecule has 34 heavy (non-hydrogen) atoms. The van der Waals surface area contributed by atoms with E-state index < -0.39 is 6.04 Å². The number of H-pyrrole nitrogens is 1. The van der Waals surface area contributed by atoms with Crippen molar-refractivity contribution in [2.45, 2.75) is 12.5 Å². The number of amides is 1. The van der Waals surface area contributed by atoms with Crippen LogP contribution in [0.2, 0.25) is 0 Å². The van der Waals surface area contributed by atoms with Gasteiger partial charge in [0, 0.05) is 43.0 Å². The lowest BCUT2D eigenvalue weighted by Crippen LogP contribution is -2.31. The highest BCUT2D eigenvalue weighted by Crippen LogP contribution is 2.46. The molecule has 1 atom stereocenters. The first-order valence-corrected chi connectivity index (χ1v) is 10.9. The Kier molecular flexibility index (Phi) is 6.93. The molecule has 0 radical (unpaired) electrons. The summed E-state index contributed by atoms with van der Waals surface area (Å²) in [5.74, 6) is 2.37. The Morgan fingerprint density at radius 3 is 2.35 bits per heavy atom. The van der Waals surface area contributed by atoms with Crippen LogP contribution in [0.15, 0.2) is 36.4 Å². The van der Waals surface area contributed by atoms with Gasteiger partial charge in [0.2, 0.25) is 0 Å². The lowest BCUT2D eigenvalue weighted by Gasteiger charge is -2.27. The van der Waals surface area contributed by atoms with E-state index in [-0.39, 0.29) is 5.91 Å². The van der Waals surface area contributed by atoms with Gasteiger partial charge in [-0.3, -0.25) is 9.89 Å². The van der Waals surface area contributed by atoms with Gasteiger partial charge in [0.15, 0.2) is 11.5 Å². The largest absolute Gasteiger partial charge is 0.497 e. The van der Waals surface area contributed by atoms with Gasteiger partial charge in [0.25, 0.3) is 5.91 Å². The van der Waals surface area contributed by atoms with Crippen molar-refractivity contribution in [3.63, 3.8) is 0 Å². The Bertz CT molecular complexity index is 1180. The zero-order chi connectivity index (χ0) is 24.2. The second-order valence-electron chi connectivity index (χ2n) is 7.79. The Hall–Kier alpha value is -3.72. The van der Waals surface area contributed by atoms with E-state index in [2.05, 4.69) is 10.2 Å². The molecule has 0 saturated carbocycles. The van der Waals surface area contributed by atoms with Crippen LogP contribution in [0.4, 0.5) is 0 Å². The standard InChI is InChI=1S/C25H29N3O6/c1-30-12-6-11-28-24(17-9-8-16(31-2)14-19(17)33-4)21-22(26-27-23(21)25(28)29)15-7-10-18(32-3)20(13-15)34-5/h7-10,13-14,24H,6,11-12H2,1-5H3,(H,26,27). The number of hydrogen-bond acceptors (Lipinski definition) is 7. The molecule has 1 amide bonds. The van der Waals surface area contributed by atoms with Gasteiger partial charge in [0.1, 0.15) is 17.2 Å². The number of aromatic nitrogens is 2. The number of carbonyl (C=O) groups excluding carboxylic acids is 1. The van der Waals surface area contributed by atoms with Gasteiger partial charge in [-0.05, 0) is 36.8 Å². The lowest BCUT2D eigenvalue weighted by molar-refractivity contribution is 0.0722. The first-order valence-electron chi connectivity index (χ1n) is 10.9. The van der Waals surface area contributed by atoms with Crippen LogP contribution >= 0.6 is 0 Å². The van der Waals surface area contributed by atoms with Crippen molar-refractivity contribution in [1.29, 1.82) is 0 Å². The number of benzene rings is 2. The summed E-state index contributed by atoms with van der Waals surface area (Å²) in [5, 5.41) is 7.50. The van der Waals surface area contributed by atoms with Crippen LogP contribution in [-0.2, 0) is 4.74 Å². The average Bonchev–Trinajstić information content (AvgIpc) is 3.42. The fourth-order valence-corrected chi connectivity index (χ4v) is 4.38. The molecule has 9 nitrogen and oxygen atoms in total. The quantitative estimate of drug-likeness (QED) is 0.454. The van der Waals surface area contributed by atoms with Crippen molar-refractivity contribution in [2.24, 2.45) is 0 Å². The van der Waals surface area contributed by atoms with E-state index in [0.29, 0.717) is 54.0 Å². The van der Waals surface area contributed by atoms with E-state index >= 15 is 0 Å². The van der Waals surface area contributed by atoms with Gasteiger partial charge < -0.3 is 28.6 Å². The van der Waals surface area contributed by atoms with E-state index in [4.69, 9.17) is 23.7 Å². The number of carbonyl (C=O) groups is 1. The normalized spacial score (nSPS) is 14.8. The van der Waals surface area contributed by atoms with Gasteiger partial charge in [-0.2, -0.15) is 5.10 Å². The molecule has 0 fully saturated rings. The second kappa shape index (κ2) is 10.0. The zero-order valence-corrected chi connectivity index (χ0v) is 20.0. The third-order valence-corrected chi connectivity index (χ3v) is 6.00. The Labute approximate surface area is 198 Å². The molecule has 1 N–H and O–H groups in total. The number of hydrogen-bond donors (Lipinski definition) is 1. The molecule has 2 aromatic carbocycles. The molecule has 0 bridgehead atoms. The van der Waals surface area contributed by atoms with Gasteiger partial charge in [-0.15, -0.1) is 0 Å². The van der Waals surface area contributed by atoms with Crippen LogP contribution in [0, 0.1) is 0 Å². The molecule has 4 rings (SSSR count). The van der Waals surface area contributed by atoms with E-state index in [0.717, 1.165) is 16.7 Å². The highest BCUT2D eigenvalue weighted by molar-refractivity contribution is 6.00. The molecule has 1 unspecified atom stereocenters. The van der Waals surface area contributed by atoms with Crippen LogP contribution in [0.1, 0.15) is 34.1 Å². The summed E-state index contributed by atoms with van der Waals surface area (Å²) in [6.07, 6.45) is 0.695. The molecule has 180 valence electrons. The van der Waals surface area contributed by atoms with Gasteiger partial charge >= 0.3 is 0 Å². The molecule has 2 heterocycles. The van der Waals surface area contributed by atoms with Crippen molar-refractivity contribution >= 4 is 5.91 Å². The highest BCUT2D eigenvalue weighted by Gasteiger charge is 2.43. The summed E-state index contributed by atoms with van der Waals surface area (Å²) in [5.41, 5.74) is 3.57. The smallest absolute Gasteiger partial charge is 0.273 e. The van der Waals surface area contributed by atoms with Crippen LogP contribution in [0.5, 0.6) is 23.0 Å². The van der Waals surface area contributed by atoms with Crippen LogP contribution in [0.25, 0.3) is 11.3 Å². The fraction of sp³-hybridized carbons (Fsp3) is 0.360. The molecule has 0 aliphatic carbocycles. The van der Waals surface area contributed by atoms with Crippen molar-refractivity contribution in [1.82, 2.24) is 15.1 Å². The van der Waals surface area contributed by atoms with Crippen molar-refractivity contribution in [2.75, 3.05) is 48.7 Å². The number of nitrogens with one attached hydrogen (secondary N) is 1. The van der Waals surface area contributed by atoms with Gasteiger partial charge in [-0.1, -0.05) is 0 Å². The van der Waals surface area contributed by atoms with Crippen molar-refractivity contribution in [3.8, 4) is 34.3 Å². The Balaban J connectivity index is 1.87. The lowest BCUT2D eigenvalue weighted by atomic mass is 9.95. The molecule has 0 spiro atoms. The van der Waals surface area contributed by atoms with Crippen molar-refractivity contribution < 1.29 is 28.5 Å². The van der Waals surface area contributed by atoms with Gasteiger partial charge in [0.05, 0.1) is 40.2 Å². The third kappa shape index (κ3) is 4.03. The maximum Gasteiger partial charge on any atom is 0.273 e. The summed E-state index contributed by atoms with van der Waals surface area (Å²) < 4.78 is 27.2. The molecule has 3 aromatic rings. The number of nitrogens with zero attached hydrogens (tertiary/aromatic N) is 2. The molecular formula is C25H29N3O6. The van der Waals surface area contributed by atoms with E-state index in [1.165, 1.54) is 0 Å². The first kappa shape index (κ1) is 23.4. The summed E-state index contributed by atoms with van der Waals surface area (Å²) in [6, 6.07) is 10.8. The number of aromatic amines is 1. The highest BCUT2D eigenvalue weighted by atomic mass is 16.5. The maximum absolute atomic E-state index is 13.5. The minimum absolute atomic E-state index is 0.117. The third-order valence-electron chi connectivity index (χ3n) is 6.00. The number of methoxy groups -OCH3 is 5. The van der Waals surface area contributed by atoms with Crippen molar-refractivity contribution in [3.05, 3.63) is 53.2 Å². The number of ether oxygens (including phenoxy) is 5. The monoisotopic (exact) mass is 467 g/mol. The van der Waals surface area contributed by atoms with Gasteiger partial charge in [-0.25, -0.2) is 0 Å². The predicted octanol–water partition coefficient (Wildman–Crippen LogP) is 3.69. The predicted molar refractivity (Wildman–Crippen MR) is 126 cm³/mol. The topological polar surface area (TPSA) is 95.1 Å². The fourth-order valence-electron chi connectivity index (χ4n) is 4.38. The van der Waals surface area contributed by atoms with Crippen LogP contribution in [-0.4, -0.2) is 69.7 Å². The van der Waals surface area contributed by atoms with Crippen LogP contribution < -0.4 is 18.9 Å². The summed E-state index contributed by atoms with van der Waals surface area (Å²) in [7, 11) is 8.04.